The van der Waals surface area contributed by atoms with Crippen molar-refractivity contribution in [2.75, 3.05) is 13.7 Å². The van der Waals surface area contributed by atoms with Crippen LogP contribution in [0.3, 0.4) is 0 Å². The number of para-hydroxylation sites is 1. The Hall–Kier alpha value is -4.39. The number of nitrogens with zero attached hydrogens (tertiary/aromatic N) is 1. The van der Waals surface area contributed by atoms with Gasteiger partial charge in [0.25, 0.3) is 5.91 Å². The number of rotatable bonds is 8. The van der Waals surface area contributed by atoms with Crippen molar-refractivity contribution in [3.8, 4) is 22.8 Å². The fourth-order valence-corrected chi connectivity index (χ4v) is 3.44. The molecule has 0 unspecified atom stereocenters. The Morgan fingerprint density at radius 2 is 1.70 bits per heavy atom. The SMILES string of the molecule is COc1cc(-c2cc(C(=O)O)c3ccccc3n2)ccc1OCC(=O)NCc1ccccc1. The van der Waals surface area contributed by atoms with E-state index in [4.69, 9.17) is 9.47 Å². The topological polar surface area (TPSA) is 97.8 Å². The molecule has 0 aliphatic heterocycles. The highest BCUT2D eigenvalue weighted by Gasteiger charge is 2.15. The average Bonchev–Trinajstić information content (AvgIpc) is 2.86. The molecule has 0 aliphatic rings. The van der Waals surface area contributed by atoms with E-state index in [1.165, 1.54) is 13.2 Å². The first kappa shape index (κ1) is 21.8. The van der Waals surface area contributed by atoms with Gasteiger partial charge in [0.1, 0.15) is 0 Å². The van der Waals surface area contributed by atoms with Crippen molar-refractivity contribution < 1.29 is 24.2 Å². The van der Waals surface area contributed by atoms with E-state index in [0.29, 0.717) is 40.2 Å². The highest BCUT2D eigenvalue weighted by atomic mass is 16.5. The number of amides is 1. The quantitative estimate of drug-likeness (QED) is 0.422. The Morgan fingerprint density at radius 1 is 0.939 bits per heavy atom. The van der Waals surface area contributed by atoms with Crippen molar-refractivity contribution in [1.82, 2.24) is 10.3 Å². The normalized spacial score (nSPS) is 10.6. The number of fused-ring (bicyclic) bond motifs is 1. The second-order valence-electron chi connectivity index (χ2n) is 7.29. The first-order chi connectivity index (χ1) is 16.0. The van der Waals surface area contributed by atoms with E-state index < -0.39 is 5.97 Å². The Bertz CT molecular complexity index is 1300. The van der Waals surface area contributed by atoms with Crippen molar-refractivity contribution in [2.45, 2.75) is 6.54 Å². The molecular weight excluding hydrogens is 420 g/mol. The Kier molecular flexibility index (Phi) is 6.50. The summed E-state index contributed by atoms with van der Waals surface area (Å²) in [6.45, 7) is 0.249. The van der Waals surface area contributed by atoms with Gasteiger partial charge in [-0.1, -0.05) is 48.5 Å². The van der Waals surface area contributed by atoms with Crippen molar-refractivity contribution in [3.05, 3.63) is 90.0 Å². The van der Waals surface area contributed by atoms with E-state index >= 15 is 0 Å². The molecule has 0 spiro atoms. The van der Waals surface area contributed by atoms with Crippen LogP contribution in [0.2, 0.25) is 0 Å². The van der Waals surface area contributed by atoms with Crippen molar-refractivity contribution >= 4 is 22.8 Å². The third-order valence-corrected chi connectivity index (χ3v) is 5.10. The summed E-state index contributed by atoms with van der Waals surface area (Å²) in [4.78, 5) is 28.5. The molecule has 0 bridgehead atoms. The van der Waals surface area contributed by atoms with Crippen molar-refractivity contribution in [1.29, 1.82) is 0 Å². The molecule has 0 saturated carbocycles. The van der Waals surface area contributed by atoms with E-state index in [1.54, 1.807) is 36.4 Å². The maximum Gasteiger partial charge on any atom is 0.336 e. The van der Waals surface area contributed by atoms with Gasteiger partial charge in [-0.15, -0.1) is 0 Å². The van der Waals surface area contributed by atoms with Gasteiger partial charge in [-0.05, 0) is 35.9 Å². The van der Waals surface area contributed by atoms with Crippen LogP contribution in [0.25, 0.3) is 22.2 Å². The largest absolute Gasteiger partial charge is 0.493 e. The zero-order valence-electron chi connectivity index (χ0n) is 17.9. The summed E-state index contributed by atoms with van der Waals surface area (Å²) in [5.41, 5.74) is 2.92. The summed E-state index contributed by atoms with van der Waals surface area (Å²) in [5, 5.41) is 13.0. The average molecular weight is 442 g/mol. The summed E-state index contributed by atoms with van der Waals surface area (Å²) >= 11 is 0. The van der Waals surface area contributed by atoms with Gasteiger partial charge in [-0.25, -0.2) is 9.78 Å². The molecule has 7 nitrogen and oxygen atoms in total. The number of pyridine rings is 1. The summed E-state index contributed by atoms with van der Waals surface area (Å²) in [7, 11) is 1.50. The maximum absolute atomic E-state index is 12.2. The lowest BCUT2D eigenvalue weighted by Gasteiger charge is -2.13. The van der Waals surface area contributed by atoms with Crippen LogP contribution < -0.4 is 14.8 Å². The van der Waals surface area contributed by atoms with Gasteiger partial charge < -0.3 is 19.9 Å². The number of nitrogens with one attached hydrogen (secondary N) is 1. The van der Waals surface area contributed by atoms with E-state index in [-0.39, 0.29) is 18.1 Å². The zero-order chi connectivity index (χ0) is 23.2. The number of benzene rings is 3. The molecule has 0 aliphatic carbocycles. The predicted octanol–water partition coefficient (Wildman–Crippen LogP) is 4.30. The van der Waals surface area contributed by atoms with Gasteiger partial charge in [-0.3, -0.25) is 4.79 Å². The minimum atomic E-state index is -1.02. The molecule has 1 heterocycles. The van der Waals surface area contributed by atoms with Crippen LogP contribution in [0.5, 0.6) is 11.5 Å². The van der Waals surface area contributed by atoms with E-state index in [2.05, 4.69) is 10.3 Å². The summed E-state index contributed by atoms with van der Waals surface area (Å²) in [5.74, 6) is -0.471. The van der Waals surface area contributed by atoms with Crippen molar-refractivity contribution in [3.63, 3.8) is 0 Å². The van der Waals surface area contributed by atoms with Crippen LogP contribution in [0, 0.1) is 0 Å². The summed E-state index contributed by atoms with van der Waals surface area (Å²) in [6.07, 6.45) is 0. The van der Waals surface area contributed by atoms with Crippen molar-refractivity contribution in [2.24, 2.45) is 0 Å². The lowest BCUT2D eigenvalue weighted by molar-refractivity contribution is -0.123. The minimum absolute atomic E-state index is 0.167. The van der Waals surface area contributed by atoms with Gasteiger partial charge in [0.2, 0.25) is 0 Å². The number of aromatic carboxylic acids is 1. The van der Waals surface area contributed by atoms with Crippen LogP contribution in [0.1, 0.15) is 15.9 Å². The molecule has 1 aromatic heterocycles. The molecule has 0 radical (unpaired) electrons. The molecule has 7 heteroatoms. The van der Waals surface area contributed by atoms with Gasteiger partial charge in [0, 0.05) is 17.5 Å². The fourth-order valence-electron chi connectivity index (χ4n) is 3.44. The summed E-state index contributed by atoms with van der Waals surface area (Å²) in [6, 6.07) is 23.4. The monoisotopic (exact) mass is 442 g/mol. The second-order valence-corrected chi connectivity index (χ2v) is 7.29. The zero-order valence-corrected chi connectivity index (χ0v) is 17.9. The number of hydrogen-bond donors (Lipinski definition) is 2. The molecule has 3 aromatic carbocycles. The Balaban J connectivity index is 1.51. The number of ether oxygens (including phenoxy) is 2. The molecule has 166 valence electrons. The van der Waals surface area contributed by atoms with Crippen LogP contribution in [-0.2, 0) is 11.3 Å². The number of aromatic nitrogens is 1. The Labute approximate surface area is 190 Å². The van der Waals surface area contributed by atoms with Crippen LogP contribution in [-0.4, -0.2) is 35.7 Å². The first-order valence-electron chi connectivity index (χ1n) is 10.3. The second kappa shape index (κ2) is 9.82. The fraction of sp³-hybridized carbons (Fsp3) is 0.115. The smallest absolute Gasteiger partial charge is 0.336 e. The molecule has 0 atom stereocenters. The highest BCUT2D eigenvalue weighted by Crippen LogP contribution is 2.33. The first-order valence-corrected chi connectivity index (χ1v) is 10.3. The van der Waals surface area contributed by atoms with Crippen LogP contribution in [0.15, 0.2) is 78.9 Å². The Morgan fingerprint density at radius 3 is 2.45 bits per heavy atom. The molecule has 33 heavy (non-hydrogen) atoms. The standard InChI is InChI=1S/C26H22N2O5/c1-32-24-13-18(22-14-20(26(30)31)19-9-5-6-10-21(19)28-22)11-12-23(24)33-16-25(29)27-15-17-7-3-2-4-8-17/h2-14H,15-16H2,1H3,(H,27,29)(H,30,31). The van der Waals surface area contributed by atoms with E-state index in [9.17, 15) is 14.7 Å². The highest BCUT2D eigenvalue weighted by molar-refractivity contribution is 6.03. The molecule has 2 N–H and O–H groups in total. The van der Waals surface area contributed by atoms with E-state index in [0.717, 1.165) is 5.56 Å². The third-order valence-electron chi connectivity index (χ3n) is 5.10. The molecular formula is C26H22N2O5. The van der Waals surface area contributed by atoms with Gasteiger partial charge >= 0.3 is 5.97 Å². The predicted molar refractivity (Wildman–Crippen MR) is 124 cm³/mol. The van der Waals surface area contributed by atoms with Crippen LogP contribution >= 0.6 is 0 Å². The summed E-state index contributed by atoms with van der Waals surface area (Å²) < 4.78 is 11.1. The number of carbonyl (C=O) groups excluding carboxylic acids is 1. The number of methoxy groups -OCH3 is 1. The molecule has 0 saturated heterocycles. The molecule has 1 amide bonds. The number of hydrogen-bond acceptors (Lipinski definition) is 5. The van der Waals surface area contributed by atoms with Gasteiger partial charge in [0.05, 0.1) is 23.9 Å². The number of carbonyl (C=O) groups is 2. The number of carboxylic acid groups (broad SMARTS) is 1. The van der Waals surface area contributed by atoms with Crippen LogP contribution in [0.4, 0.5) is 0 Å². The molecule has 0 fully saturated rings. The third kappa shape index (κ3) is 5.10. The molecule has 4 rings (SSSR count). The van der Waals surface area contributed by atoms with Gasteiger partial charge in [-0.2, -0.15) is 0 Å². The lowest BCUT2D eigenvalue weighted by Crippen LogP contribution is -2.28. The number of carboxylic acids is 1. The van der Waals surface area contributed by atoms with E-state index in [1.807, 2.05) is 36.4 Å². The molecule has 4 aromatic rings. The van der Waals surface area contributed by atoms with Gasteiger partial charge in [0.15, 0.2) is 18.1 Å². The maximum atomic E-state index is 12.2. The minimum Gasteiger partial charge on any atom is -0.493 e. The lowest BCUT2D eigenvalue weighted by atomic mass is 10.0.